The molecule has 0 saturated carbocycles. The maximum Gasteiger partial charge on any atom is 0.148 e. The fourth-order valence-corrected chi connectivity index (χ4v) is 1.81. The first-order valence-corrected chi connectivity index (χ1v) is 5.22. The van der Waals surface area contributed by atoms with Crippen LogP contribution >= 0.6 is 35.6 Å². The van der Waals surface area contributed by atoms with E-state index in [4.69, 9.17) is 28.9 Å². The van der Waals surface area contributed by atoms with E-state index in [0.29, 0.717) is 11.4 Å². The molecule has 0 bridgehead atoms. The predicted octanol–water partition coefficient (Wildman–Crippen LogP) is 4.52. The van der Waals surface area contributed by atoms with Crippen molar-refractivity contribution in [3.8, 4) is 0 Å². The molecule has 0 aliphatic carbocycles. The molecule has 1 aromatic carbocycles. The Bertz CT molecular complexity index is 393. The second kappa shape index (κ2) is 6.45. The summed E-state index contributed by atoms with van der Waals surface area (Å²) in [6.45, 7) is 5.55. The van der Waals surface area contributed by atoms with Crippen molar-refractivity contribution < 1.29 is 4.39 Å². The monoisotopic (exact) mass is 283 g/mol. The SMILES string of the molecule is C=C(C)C[C@H](N)c1c(Cl)ccc(Cl)c1F.Cl. The van der Waals surface area contributed by atoms with Crippen LogP contribution in [0, 0.1) is 5.82 Å². The largest absolute Gasteiger partial charge is 0.324 e. The third kappa shape index (κ3) is 3.63. The number of benzene rings is 1. The van der Waals surface area contributed by atoms with Gasteiger partial charge in [-0.1, -0.05) is 28.8 Å². The van der Waals surface area contributed by atoms with E-state index in [1.54, 1.807) is 6.07 Å². The van der Waals surface area contributed by atoms with E-state index in [9.17, 15) is 4.39 Å². The minimum absolute atomic E-state index is 0. The first-order valence-electron chi connectivity index (χ1n) is 4.46. The van der Waals surface area contributed by atoms with Gasteiger partial charge in [0.25, 0.3) is 0 Å². The average molecular weight is 285 g/mol. The third-order valence-corrected chi connectivity index (χ3v) is 2.64. The molecular formula is C11H13Cl3FN. The van der Waals surface area contributed by atoms with Crippen LogP contribution in [0.2, 0.25) is 10.0 Å². The van der Waals surface area contributed by atoms with E-state index in [2.05, 4.69) is 6.58 Å². The zero-order valence-electron chi connectivity index (χ0n) is 8.77. The quantitative estimate of drug-likeness (QED) is 0.641. The molecule has 0 aliphatic rings. The molecule has 0 spiro atoms. The van der Waals surface area contributed by atoms with Gasteiger partial charge in [0, 0.05) is 16.6 Å². The molecule has 5 heteroatoms. The Morgan fingerprint density at radius 3 is 2.44 bits per heavy atom. The molecule has 1 atom stereocenters. The highest BCUT2D eigenvalue weighted by atomic mass is 35.5. The molecule has 0 fully saturated rings. The lowest BCUT2D eigenvalue weighted by Gasteiger charge is -2.15. The van der Waals surface area contributed by atoms with Gasteiger partial charge in [0.15, 0.2) is 0 Å². The average Bonchev–Trinajstić information content (AvgIpc) is 2.11. The molecule has 0 saturated heterocycles. The van der Waals surface area contributed by atoms with Gasteiger partial charge < -0.3 is 5.73 Å². The molecule has 0 heterocycles. The number of hydrogen-bond acceptors (Lipinski definition) is 1. The molecule has 0 aromatic heterocycles. The first-order chi connectivity index (χ1) is 6.93. The Kier molecular flexibility index (Phi) is 6.34. The van der Waals surface area contributed by atoms with Gasteiger partial charge in [0.2, 0.25) is 0 Å². The van der Waals surface area contributed by atoms with Gasteiger partial charge >= 0.3 is 0 Å². The lowest BCUT2D eigenvalue weighted by molar-refractivity contribution is 0.580. The van der Waals surface area contributed by atoms with Crippen LogP contribution in [0.3, 0.4) is 0 Å². The highest BCUT2D eigenvalue weighted by Gasteiger charge is 2.17. The van der Waals surface area contributed by atoms with Crippen LogP contribution in [-0.4, -0.2) is 0 Å². The summed E-state index contributed by atoms with van der Waals surface area (Å²) in [5.74, 6) is -0.544. The van der Waals surface area contributed by atoms with E-state index in [1.807, 2.05) is 6.92 Å². The molecule has 1 aromatic rings. The maximum absolute atomic E-state index is 13.6. The maximum atomic E-state index is 13.6. The normalized spacial score (nSPS) is 11.8. The first kappa shape index (κ1) is 15.7. The van der Waals surface area contributed by atoms with Crippen LogP contribution in [0.4, 0.5) is 4.39 Å². The lowest BCUT2D eigenvalue weighted by Crippen LogP contribution is -2.13. The van der Waals surface area contributed by atoms with Gasteiger partial charge in [0.05, 0.1) is 5.02 Å². The van der Waals surface area contributed by atoms with Crippen molar-refractivity contribution >= 4 is 35.6 Å². The van der Waals surface area contributed by atoms with Gasteiger partial charge in [0.1, 0.15) is 5.82 Å². The van der Waals surface area contributed by atoms with E-state index in [1.165, 1.54) is 6.07 Å². The van der Waals surface area contributed by atoms with Crippen LogP contribution in [0.25, 0.3) is 0 Å². The molecule has 16 heavy (non-hydrogen) atoms. The number of halogens is 4. The van der Waals surface area contributed by atoms with Crippen molar-refractivity contribution in [3.05, 3.63) is 45.7 Å². The van der Waals surface area contributed by atoms with E-state index in [-0.39, 0.29) is 23.0 Å². The Morgan fingerprint density at radius 2 is 1.94 bits per heavy atom. The van der Waals surface area contributed by atoms with Gasteiger partial charge in [-0.25, -0.2) is 4.39 Å². The van der Waals surface area contributed by atoms with Crippen molar-refractivity contribution in [1.29, 1.82) is 0 Å². The van der Waals surface area contributed by atoms with Crippen LogP contribution in [-0.2, 0) is 0 Å². The van der Waals surface area contributed by atoms with E-state index < -0.39 is 11.9 Å². The second-order valence-electron chi connectivity index (χ2n) is 3.52. The molecule has 0 amide bonds. The van der Waals surface area contributed by atoms with Crippen LogP contribution in [0.5, 0.6) is 0 Å². The predicted molar refractivity (Wildman–Crippen MR) is 70.0 cm³/mol. The summed E-state index contributed by atoms with van der Waals surface area (Å²) < 4.78 is 13.6. The van der Waals surface area contributed by atoms with Gasteiger partial charge in [-0.2, -0.15) is 0 Å². The Morgan fingerprint density at radius 1 is 1.44 bits per heavy atom. The minimum atomic E-state index is -0.544. The summed E-state index contributed by atoms with van der Waals surface area (Å²) >= 11 is 11.5. The van der Waals surface area contributed by atoms with Crippen molar-refractivity contribution in [2.24, 2.45) is 5.73 Å². The molecular weight excluding hydrogens is 271 g/mol. The topological polar surface area (TPSA) is 26.0 Å². The van der Waals surface area contributed by atoms with Crippen molar-refractivity contribution in [2.45, 2.75) is 19.4 Å². The zero-order valence-corrected chi connectivity index (χ0v) is 11.1. The molecule has 0 aliphatic heterocycles. The minimum Gasteiger partial charge on any atom is -0.324 e. The molecule has 0 unspecified atom stereocenters. The third-order valence-electron chi connectivity index (χ3n) is 2.02. The number of hydrogen-bond donors (Lipinski definition) is 1. The van der Waals surface area contributed by atoms with Gasteiger partial charge in [-0.15, -0.1) is 19.0 Å². The van der Waals surface area contributed by atoms with Gasteiger partial charge in [-0.05, 0) is 25.5 Å². The Hall–Kier alpha value is -0.280. The Balaban J connectivity index is 0.00000225. The van der Waals surface area contributed by atoms with Crippen molar-refractivity contribution in [2.75, 3.05) is 0 Å². The summed E-state index contributed by atoms with van der Waals surface area (Å²) in [5, 5.41) is 0.331. The smallest absolute Gasteiger partial charge is 0.148 e. The van der Waals surface area contributed by atoms with Crippen LogP contribution in [0.1, 0.15) is 24.9 Å². The molecule has 1 nitrogen and oxygen atoms in total. The highest BCUT2D eigenvalue weighted by molar-refractivity contribution is 6.33. The zero-order chi connectivity index (χ0) is 11.6. The van der Waals surface area contributed by atoms with Crippen LogP contribution < -0.4 is 5.73 Å². The molecule has 2 N–H and O–H groups in total. The van der Waals surface area contributed by atoms with Crippen molar-refractivity contribution in [1.82, 2.24) is 0 Å². The molecule has 90 valence electrons. The lowest BCUT2D eigenvalue weighted by atomic mass is 10.0. The van der Waals surface area contributed by atoms with Gasteiger partial charge in [-0.3, -0.25) is 0 Å². The standard InChI is InChI=1S/C11H12Cl2FN.ClH/c1-6(2)5-9(15)10-7(12)3-4-8(13)11(10)14;/h3-4,9H,1,5,15H2,2H3;1H/t9-;/m0./s1. The second-order valence-corrected chi connectivity index (χ2v) is 4.34. The number of nitrogens with two attached hydrogens (primary N) is 1. The Labute approximate surface area is 111 Å². The van der Waals surface area contributed by atoms with E-state index >= 15 is 0 Å². The summed E-state index contributed by atoms with van der Waals surface area (Å²) in [4.78, 5) is 0. The van der Waals surface area contributed by atoms with Crippen molar-refractivity contribution in [3.63, 3.8) is 0 Å². The molecule has 1 rings (SSSR count). The summed E-state index contributed by atoms with van der Waals surface area (Å²) in [7, 11) is 0. The number of rotatable bonds is 3. The molecule has 0 radical (unpaired) electrons. The summed E-state index contributed by atoms with van der Waals surface area (Å²) in [6.07, 6.45) is 0.483. The highest BCUT2D eigenvalue weighted by Crippen LogP contribution is 2.31. The summed E-state index contributed by atoms with van der Waals surface area (Å²) in [6, 6.07) is 2.45. The van der Waals surface area contributed by atoms with Crippen LogP contribution in [0.15, 0.2) is 24.3 Å². The fraction of sp³-hybridized carbons (Fsp3) is 0.273. The van der Waals surface area contributed by atoms with E-state index in [0.717, 1.165) is 5.57 Å². The fourth-order valence-electron chi connectivity index (χ4n) is 1.36. The summed E-state index contributed by atoms with van der Waals surface area (Å²) in [5.41, 5.74) is 6.95.